The zero-order chi connectivity index (χ0) is 22.5. The summed E-state index contributed by atoms with van der Waals surface area (Å²) < 4.78 is 1.11. The van der Waals surface area contributed by atoms with Gasteiger partial charge in [-0.15, -0.1) is 0 Å². The number of pyridine rings is 1. The quantitative estimate of drug-likeness (QED) is 0.453. The van der Waals surface area contributed by atoms with Gasteiger partial charge in [0.2, 0.25) is 0 Å². The molecule has 166 valence electrons. The summed E-state index contributed by atoms with van der Waals surface area (Å²) in [6.07, 6.45) is 6.41. The molecule has 1 aliphatic carbocycles. The van der Waals surface area contributed by atoms with Gasteiger partial charge in [0.05, 0.1) is 11.2 Å². The number of hydrogen-bond acceptors (Lipinski definition) is 8. The Morgan fingerprint density at radius 3 is 2.66 bits per heavy atom. The Morgan fingerprint density at radius 2 is 1.91 bits per heavy atom. The molecule has 1 fully saturated rings. The van der Waals surface area contributed by atoms with E-state index in [2.05, 4.69) is 54.0 Å². The fourth-order valence-electron chi connectivity index (χ4n) is 4.76. The van der Waals surface area contributed by atoms with Crippen LogP contribution in [-0.2, 0) is 6.42 Å². The van der Waals surface area contributed by atoms with E-state index in [0.29, 0.717) is 15.9 Å². The lowest BCUT2D eigenvalue weighted by Gasteiger charge is -2.42. The van der Waals surface area contributed by atoms with Gasteiger partial charge in [-0.2, -0.15) is 0 Å². The largest absolute Gasteiger partial charge is 0.382 e. The van der Waals surface area contributed by atoms with Crippen LogP contribution in [0.15, 0.2) is 51.1 Å². The van der Waals surface area contributed by atoms with Crippen molar-refractivity contribution in [3.05, 3.63) is 57.3 Å². The van der Waals surface area contributed by atoms with Crippen molar-refractivity contribution in [3.63, 3.8) is 0 Å². The predicted octanol–water partition coefficient (Wildman–Crippen LogP) is 4.45. The number of anilines is 3. The Hall–Kier alpha value is -2.07. The molecule has 0 radical (unpaired) electrons. The fraction of sp³-hybridized carbons (Fsp3) is 0.318. The number of halogens is 2. The van der Waals surface area contributed by atoms with E-state index in [1.807, 2.05) is 0 Å². The molecule has 7 nitrogen and oxygen atoms in total. The van der Waals surface area contributed by atoms with Crippen molar-refractivity contribution in [2.45, 2.75) is 35.2 Å². The van der Waals surface area contributed by atoms with Gasteiger partial charge in [0.1, 0.15) is 16.7 Å². The number of nitrogen functional groups attached to an aromatic ring is 2. The average molecular weight is 533 g/mol. The Bertz CT molecular complexity index is 1180. The van der Waals surface area contributed by atoms with Crippen LogP contribution in [0.4, 0.5) is 17.5 Å². The maximum atomic E-state index is 6.72. The second-order valence-electron chi connectivity index (χ2n) is 8.38. The zero-order valence-corrected chi connectivity index (χ0v) is 20.4. The first-order valence-electron chi connectivity index (χ1n) is 10.4. The summed E-state index contributed by atoms with van der Waals surface area (Å²) in [6.45, 7) is 1.74. The van der Waals surface area contributed by atoms with Crippen LogP contribution in [-0.4, -0.2) is 28.0 Å². The van der Waals surface area contributed by atoms with Crippen LogP contribution in [0.3, 0.4) is 0 Å². The molecule has 0 saturated carbocycles. The molecule has 10 heteroatoms. The van der Waals surface area contributed by atoms with E-state index in [0.717, 1.165) is 47.5 Å². The van der Waals surface area contributed by atoms with Crippen LogP contribution in [0.2, 0.25) is 5.02 Å². The van der Waals surface area contributed by atoms with Gasteiger partial charge in [0.15, 0.2) is 5.82 Å². The minimum atomic E-state index is 0.0697. The lowest BCUT2D eigenvalue weighted by Crippen LogP contribution is -2.44. The van der Waals surface area contributed by atoms with Crippen LogP contribution in [0.5, 0.6) is 0 Å². The molecule has 2 aliphatic rings. The molecular formula is C22H23BrClN7S. The summed E-state index contributed by atoms with van der Waals surface area (Å²) in [5, 5.41) is 0.985. The number of benzene rings is 1. The minimum Gasteiger partial charge on any atom is -0.382 e. The lowest BCUT2D eigenvalue weighted by molar-refractivity contribution is 0.187. The number of piperidine rings is 1. The van der Waals surface area contributed by atoms with Gasteiger partial charge in [-0.1, -0.05) is 45.4 Å². The number of nitrogens with two attached hydrogens (primary N) is 3. The fourth-order valence-corrected chi connectivity index (χ4v) is 6.18. The first-order chi connectivity index (χ1) is 15.4. The van der Waals surface area contributed by atoms with Gasteiger partial charge >= 0.3 is 0 Å². The summed E-state index contributed by atoms with van der Waals surface area (Å²) in [5.74, 6) is 1.43. The predicted molar refractivity (Wildman–Crippen MR) is 133 cm³/mol. The molecule has 1 spiro atoms. The molecule has 3 heterocycles. The Balaban J connectivity index is 1.29. The molecule has 6 N–H and O–H groups in total. The summed E-state index contributed by atoms with van der Waals surface area (Å²) >= 11 is 11.2. The highest BCUT2D eigenvalue weighted by atomic mass is 79.9. The van der Waals surface area contributed by atoms with Crippen molar-refractivity contribution in [2.75, 3.05) is 29.5 Å². The second-order valence-corrected chi connectivity index (χ2v) is 10.7. The molecule has 0 amide bonds. The smallest absolute Gasteiger partial charge is 0.158 e. The summed E-state index contributed by atoms with van der Waals surface area (Å²) in [4.78, 5) is 16.1. The molecule has 0 bridgehead atoms. The molecule has 3 aromatic rings. The monoisotopic (exact) mass is 531 g/mol. The molecule has 5 rings (SSSR count). The van der Waals surface area contributed by atoms with E-state index in [-0.39, 0.29) is 17.3 Å². The van der Waals surface area contributed by atoms with Crippen molar-refractivity contribution < 1.29 is 0 Å². The highest BCUT2D eigenvalue weighted by Crippen LogP contribution is 2.51. The van der Waals surface area contributed by atoms with Crippen molar-refractivity contribution in [1.82, 2.24) is 15.0 Å². The maximum Gasteiger partial charge on any atom is 0.158 e. The van der Waals surface area contributed by atoms with Gasteiger partial charge in [0, 0.05) is 34.7 Å². The van der Waals surface area contributed by atoms with Crippen LogP contribution >= 0.6 is 39.3 Å². The van der Waals surface area contributed by atoms with Crippen LogP contribution in [0, 0.1) is 5.41 Å². The highest BCUT2D eigenvalue weighted by Gasteiger charge is 2.46. The van der Waals surface area contributed by atoms with Crippen LogP contribution in [0.1, 0.15) is 30.0 Å². The van der Waals surface area contributed by atoms with Crippen LogP contribution in [0.25, 0.3) is 0 Å². The normalized spacial score (nSPS) is 19.3. The van der Waals surface area contributed by atoms with Gasteiger partial charge in [-0.25, -0.2) is 15.0 Å². The summed E-state index contributed by atoms with van der Waals surface area (Å²) in [5.41, 5.74) is 21.5. The third-order valence-electron chi connectivity index (χ3n) is 6.56. The van der Waals surface area contributed by atoms with Gasteiger partial charge in [0.25, 0.3) is 0 Å². The third kappa shape index (κ3) is 3.81. The molecule has 1 unspecified atom stereocenters. The molecule has 1 atom stereocenters. The Labute approximate surface area is 204 Å². The average Bonchev–Trinajstić information content (AvgIpc) is 3.03. The Kier molecular flexibility index (Phi) is 5.69. The van der Waals surface area contributed by atoms with Crippen LogP contribution < -0.4 is 22.1 Å². The van der Waals surface area contributed by atoms with E-state index in [9.17, 15) is 0 Å². The number of aromatic nitrogens is 3. The summed E-state index contributed by atoms with van der Waals surface area (Å²) in [7, 11) is 0. The third-order valence-corrected chi connectivity index (χ3v) is 8.63. The van der Waals surface area contributed by atoms with E-state index < -0.39 is 0 Å². The molecular weight excluding hydrogens is 510 g/mol. The van der Waals surface area contributed by atoms with E-state index >= 15 is 0 Å². The first-order valence-corrected chi connectivity index (χ1v) is 12.3. The van der Waals surface area contributed by atoms with Crippen molar-refractivity contribution in [3.8, 4) is 0 Å². The van der Waals surface area contributed by atoms with E-state index in [4.69, 9.17) is 28.8 Å². The molecule has 1 saturated heterocycles. The van der Waals surface area contributed by atoms with E-state index in [1.54, 1.807) is 18.5 Å². The van der Waals surface area contributed by atoms with Gasteiger partial charge in [-0.05, 0) is 54.0 Å². The van der Waals surface area contributed by atoms with Crippen molar-refractivity contribution in [2.24, 2.45) is 11.1 Å². The number of fused-ring (bicyclic) bond motifs is 1. The number of nitrogens with zero attached hydrogens (tertiary/aromatic N) is 4. The highest BCUT2D eigenvalue weighted by molar-refractivity contribution is 9.10. The minimum absolute atomic E-state index is 0.0697. The molecule has 32 heavy (non-hydrogen) atoms. The standard InChI is InChI=1S/C22H23BrClN7S/c23-13-1-2-14-12(9-13)10-22(18(14)25)4-7-31(8-5-22)16-11-29-21(20(27)30-16)32-15-3-6-28-19(26)17(15)24/h1-3,6,9,11,18H,4-5,7-8,10,25H2,(H2,26,28)(H2,27,30). The molecule has 1 aliphatic heterocycles. The van der Waals surface area contributed by atoms with E-state index in [1.165, 1.54) is 22.9 Å². The molecule has 2 aromatic heterocycles. The first kappa shape index (κ1) is 21.8. The summed E-state index contributed by atoms with van der Waals surface area (Å²) in [6, 6.07) is 8.31. The SMILES string of the molecule is Nc1nc(N2CCC3(CC2)Cc2cc(Br)ccc2C3N)cnc1Sc1ccnc(N)c1Cl. The second kappa shape index (κ2) is 8.37. The zero-order valence-electron chi connectivity index (χ0n) is 17.3. The number of hydrogen-bond donors (Lipinski definition) is 3. The lowest BCUT2D eigenvalue weighted by atomic mass is 9.73. The Morgan fingerprint density at radius 1 is 1.12 bits per heavy atom. The topological polar surface area (TPSA) is 120 Å². The molecule has 1 aromatic carbocycles. The maximum absolute atomic E-state index is 6.72. The number of rotatable bonds is 3. The van der Waals surface area contributed by atoms with Crippen molar-refractivity contribution in [1.29, 1.82) is 0 Å². The van der Waals surface area contributed by atoms with Crippen molar-refractivity contribution >= 4 is 56.7 Å². The van der Waals surface area contributed by atoms with Gasteiger partial charge < -0.3 is 22.1 Å². The van der Waals surface area contributed by atoms with Gasteiger partial charge in [-0.3, -0.25) is 0 Å².